The lowest BCUT2D eigenvalue weighted by Gasteiger charge is -2.05. The number of carbonyl (C=O) groups excluding carboxylic acids is 1. The van der Waals surface area contributed by atoms with Crippen molar-refractivity contribution < 1.29 is 18.0 Å². The molecule has 0 bridgehead atoms. The van der Waals surface area contributed by atoms with Crippen LogP contribution in [0, 0.1) is 0 Å². The van der Waals surface area contributed by atoms with Crippen LogP contribution in [-0.2, 0) is 4.79 Å². The number of nitrogens with one attached hydrogen (secondary N) is 1. The van der Waals surface area contributed by atoms with Crippen molar-refractivity contribution in [1.29, 1.82) is 0 Å². The molecule has 0 aromatic rings. The van der Waals surface area contributed by atoms with Crippen LogP contribution in [0.4, 0.5) is 13.2 Å². The molecule has 1 N–H and O–H groups in total. The number of alkyl halides is 3. The molecule has 0 aliphatic carbocycles. The SMILES string of the molecule is C=CC(=O)NCCC(F)(F)F. The van der Waals surface area contributed by atoms with Crippen LogP contribution in [0.5, 0.6) is 0 Å². The zero-order valence-electron chi connectivity index (χ0n) is 5.74. The molecule has 11 heavy (non-hydrogen) atoms. The third-order valence-corrected chi connectivity index (χ3v) is 0.893. The molecule has 1 amide bonds. The highest BCUT2D eigenvalue weighted by molar-refractivity contribution is 5.86. The first-order valence-corrected chi connectivity index (χ1v) is 2.93. The zero-order valence-corrected chi connectivity index (χ0v) is 5.74. The van der Waals surface area contributed by atoms with Gasteiger partial charge in [-0.3, -0.25) is 4.79 Å². The molecule has 2 nitrogen and oxygen atoms in total. The molecule has 0 heterocycles. The summed E-state index contributed by atoms with van der Waals surface area (Å²) in [6.07, 6.45) is -4.29. The van der Waals surface area contributed by atoms with Gasteiger partial charge in [-0.05, 0) is 6.08 Å². The lowest BCUT2D eigenvalue weighted by molar-refractivity contribution is -0.134. The average molecular weight is 167 g/mol. The summed E-state index contributed by atoms with van der Waals surface area (Å²) in [6.45, 7) is 2.69. The Kier molecular flexibility index (Phi) is 3.64. The van der Waals surface area contributed by atoms with E-state index in [9.17, 15) is 18.0 Å². The smallest absolute Gasteiger partial charge is 0.352 e. The van der Waals surface area contributed by atoms with Crippen LogP contribution < -0.4 is 5.32 Å². The molecular formula is C6H8F3NO. The summed E-state index contributed by atoms with van der Waals surface area (Å²) in [5.41, 5.74) is 0. The van der Waals surface area contributed by atoms with Crippen molar-refractivity contribution in [2.45, 2.75) is 12.6 Å². The first-order chi connectivity index (χ1) is 4.95. The minimum Gasteiger partial charge on any atom is -0.352 e. The minimum atomic E-state index is -4.21. The normalized spacial score (nSPS) is 10.8. The zero-order chi connectivity index (χ0) is 8.91. The molecule has 0 atom stereocenters. The van der Waals surface area contributed by atoms with Gasteiger partial charge in [-0.25, -0.2) is 0 Å². The number of halogens is 3. The first-order valence-electron chi connectivity index (χ1n) is 2.93. The van der Waals surface area contributed by atoms with Gasteiger partial charge in [0.25, 0.3) is 0 Å². The molecule has 0 rings (SSSR count). The summed E-state index contributed by atoms with van der Waals surface area (Å²) in [4.78, 5) is 10.3. The lowest BCUT2D eigenvalue weighted by atomic mass is 10.4. The molecule has 0 fully saturated rings. The second-order valence-electron chi connectivity index (χ2n) is 1.86. The monoisotopic (exact) mass is 167 g/mol. The Balaban J connectivity index is 3.42. The standard InChI is InChI=1S/C6H8F3NO/c1-2-5(11)10-4-3-6(7,8)9/h2H,1,3-4H2,(H,10,11). The van der Waals surface area contributed by atoms with E-state index in [2.05, 4.69) is 6.58 Å². The van der Waals surface area contributed by atoms with Crippen LogP contribution in [0.15, 0.2) is 12.7 Å². The summed E-state index contributed by atoms with van der Waals surface area (Å²) >= 11 is 0. The quantitative estimate of drug-likeness (QED) is 0.629. The summed E-state index contributed by atoms with van der Waals surface area (Å²) in [5, 5.41) is 2.01. The van der Waals surface area contributed by atoms with Crippen molar-refractivity contribution in [1.82, 2.24) is 5.32 Å². The maximum Gasteiger partial charge on any atom is 0.390 e. The molecule has 0 aliphatic rings. The van der Waals surface area contributed by atoms with Gasteiger partial charge in [0.1, 0.15) is 0 Å². The highest BCUT2D eigenvalue weighted by Gasteiger charge is 2.26. The third-order valence-electron chi connectivity index (χ3n) is 0.893. The molecule has 0 aromatic carbocycles. The van der Waals surface area contributed by atoms with Crippen LogP contribution in [0.3, 0.4) is 0 Å². The molecule has 0 aromatic heterocycles. The van der Waals surface area contributed by atoms with E-state index in [1.807, 2.05) is 5.32 Å². The maximum atomic E-state index is 11.4. The Bertz CT molecular complexity index is 152. The molecule has 0 spiro atoms. The van der Waals surface area contributed by atoms with Gasteiger partial charge in [0.05, 0.1) is 6.42 Å². The fourth-order valence-corrected chi connectivity index (χ4v) is 0.400. The van der Waals surface area contributed by atoms with E-state index in [0.717, 1.165) is 6.08 Å². The molecule has 0 radical (unpaired) electrons. The van der Waals surface area contributed by atoms with E-state index in [1.165, 1.54) is 0 Å². The number of amides is 1. The third kappa shape index (κ3) is 6.89. The Hall–Kier alpha value is -1.00. The van der Waals surface area contributed by atoms with Crippen LogP contribution >= 0.6 is 0 Å². The van der Waals surface area contributed by atoms with Crippen molar-refractivity contribution in [3.63, 3.8) is 0 Å². The van der Waals surface area contributed by atoms with Crippen molar-refractivity contribution in [3.05, 3.63) is 12.7 Å². The van der Waals surface area contributed by atoms with Gasteiger partial charge in [-0.1, -0.05) is 6.58 Å². The minimum absolute atomic E-state index is 0.394. The number of hydrogen-bond donors (Lipinski definition) is 1. The molecule has 64 valence electrons. The van der Waals surface area contributed by atoms with Gasteiger partial charge in [0.2, 0.25) is 5.91 Å². The van der Waals surface area contributed by atoms with E-state index < -0.39 is 25.0 Å². The number of hydrogen-bond acceptors (Lipinski definition) is 1. The topological polar surface area (TPSA) is 29.1 Å². The van der Waals surface area contributed by atoms with Gasteiger partial charge >= 0.3 is 6.18 Å². The van der Waals surface area contributed by atoms with E-state index in [1.54, 1.807) is 0 Å². The molecule has 0 aliphatic heterocycles. The van der Waals surface area contributed by atoms with Crippen LogP contribution in [0.1, 0.15) is 6.42 Å². The second kappa shape index (κ2) is 4.00. The van der Waals surface area contributed by atoms with E-state index in [4.69, 9.17) is 0 Å². The van der Waals surface area contributed by atoms with Gasteiger partial charge in [-0.2, -0.15) is 13.2 Å². The number of rotatable bonds is 3. The van der Waals surface area contributed by atoms with E-state index in [-0.39, 0.29) is 0 Å². The predicted molar refractivity (Wildman–Crippen MR) is 33.9 cm³/mol. The maximum absolute atomic E-state index is 11.4. The highest BCUT2D eigenvalue weighted by Crippen LogP contribution is 2.17. The van der Waals surface area contributed by atoms with Crippen molar-refractivity contribution >= 4 is 5.91 Å². The van der Waals surface area contributed by atoms with Crippen LogP contribution in [-0.4, -0.2) is 18.6 Å². The Morgan fingerprint density at radius 2 is 2.09 bits per heavy atom. The van der Waals surface area contributed by atoms with Gasteiger partial charge in [0, 0.05) is 6.54 Å². The second-order valence-corrected chi connectivity index (χ2v) is 1.86. The first kappa shape index (κ1) is 10.0. The molecular weight excluding hydrogens is 159 g/mol. The van der Waals surface area contributed by atoms with Gasteiger partial charge in [0.15, 0.2) is 0 Å². The van der Waals surface area contributed by atoms with Gasteiger partial charge in [-0.15, -0.1) is 0 Å². The van der Waals surface area contributed by atoms with E-state index in [0.29, 0.717) is 0 Å². The van der Waals surface area contributed by atoms with Crippen molar-refractivity contribution in [3.8, 4) is 0 Å². The molecule has 0 saturated heterocycles. The lowest BCUT2D eigenvalue weighted by Crippen LogP contribution is -2.26. The average Bonchev–Trinajstić information content (AvgIpc) is 1.85. The van der Waals surface area contributed by atoms with E-state index >= 15 is 0 Å². The molecule has 5 heteroatoms. The fraction of sp³-hybridized carbons (Fsp3) is 0.500. The Morgan fingerprint density at radius 1 is 1.55 bits per heavy atom. The van der Waals surface area contributed by atoms with Crippen molar-refractivity contribution in [2.75, 3.05) is 6.54 Å². The summed E-state index contributed by atoms with van der Waals surface area (Å²) in [5.74, 6) is -0.589. The van der Waals surface area contributed by atoms with Crippen molar-refractivity contribution in [2.24, 2.45) is 0 Å². The van der Waals surface area contributed by atoms with Crippen LogP contribution in [0.2, 0.25) is 0 Å². The largest absolute Gasteiger partial charge is 0.390 e. The predicted octanol–water partition coefficient (Wildman–Crippen LogP) is 1.24. The fourth-order valence-electron chi connectivity index (χ4n) is 0.400. The molecule has 0 saturated carbocycles. The molecule has 0 unspecified atom stereocenters. The van der Waals surface area contributed by atoms with Crippen LogP contribution in [0.25, 0.3) is 0 Å². The number of carbonyl (C=O) groups is 1. The highest BCUT2D eigenvalue weighted by atomic mass is 19.4. The summed E-state index contributed by atoms with van der Waals surface area (Å²) in [6, 6.07) is 0. The Morgan fingerprint density at radius 3 is 2.45 bits per heavy atom. The van der Waals surface area contributed by atoms with Gasteiger partial charge < -0.3 is 5.32 Å². The summed E-state index contributed by atoms with van der Waals surface area (Å²) < 4.78 is 34.3. The Labute approximate surface area is 62.1 Å². The summed E-state index contributed by atoms with van der Waals surface area (Å²) in [7, 11) is 0.